The summed E-state index contributed by atoms with van der Waals surface area (Å²) in [4.78, 5) is 24.3. The largest absolute Gasteiger partial charge is 0.462 e. The third-order valence-corrected chi connectivity index (χ3v) is 4.23. The van der Waals surface area contributed by atoms with Crippen molar-refractivity contribution in [2.24, 2.45) is 5.92 Å². The first-order valence-electron chi connectivity index (χ1n) is 8.07. The van der Waals surface area contributed by atoms with Crippen molar-refractivity contribution in [2.45, 2.75) is 39.7 Å². The second-order valence-electron chi connectivity index (χ2n) is 5.76. The van der Waals surface area contributed by atoms with Gasteiger partial charge in [0, 0.05) is 5.70 Å². The van der Waals surface area contributed by atoms with E-state index < -0.39 is 6.04 Å². The zero-order valence-electron chi connectivity index (χ0n) is 13.9. The summed E-state index contributed by atoms with van der Waals surface area (Å²) in [6.45, 7) is 6.30. The molecule has 0 aromatic heterocycles. The summed E-state index contributed by atoms with van der Waals surface area (Å²) in [7, 11) is 0. The summed E-state index contributed by atoms with van der Waals surface area (Å²) in [5, 5.41) is 5.46. The van der Waals surface area contributed by atoms with Crippen LogP contribution in [0.3, 0.4) is 0 Å². The quantitative estimate of drug-likeness (QED) is 0.791. The Kier molecular flexibility index (Phi) is 5.79. The molecule has 1 aromatic rings. The van der Waals surface area contributed by atoms with Crippen LogP contribution in [-0.4, -0.2) is 18.6 Å². The fourth-order valence-electron chi connectivity index (χ4n) is 2.66. The number of carbonyl (C=O) groups is 2. The predicted molar refractivity (Wildman–Crippen MR) is 88.6 cm³/mol. The van der Waals surface area contributed by atoms with Crippen LogP contribution in [0.15, 0.2) is 41.6 Å². The number of hydrogen-bond donors (Lipinski definition) is 2. The summed E-state index contributed by atoms with van der Waals surface area (Å²) in [6, 6.07) is 8.63. The van der Waals surface area contributed by atoms with Gasteiger partial charge < -0.3 is 15.4 Å². The normalized spacial score (nSPS) is 17.7. The number of benzene rings is 1. The molecule has 2 N–H and O–H groups in total. The van der Waals surface area contributed by atoms with Gasteiger partial charge in [-0.25, -0.2) is 9.59 Å². The van der Waals surface area contributed by atoms with Gasteiger partial charge >= 0.3 is 12.0 Å². The predicted octanol–water partition coefficient (Wildman–Crippen LogP) is 3.29. The number of amides is 2. The summed E-state index contributed by atoms with van der Waals surface area (Å²) in [5.41, 5.74) is 1.86. The molecule has 1 atom stereocenters. The second kappa shape index (κ2) is 7.81. The van der Waals surface area contributed by atoms with Crippen LogP contribution in [0.1, 0.15) is 45.2 Å². The monoisotopic (exact) mass is 316 g/mol. The molecule has 0 radical (unpaired) electrons. The van der Waals surface area contributed by atoms with Gasteiger partial charge in [-0.3, -0.25) is 0 Å². The Morgan fingerprint density at radius 3 is 2.48 bits per heavy atom. The van der Waals surface area contributed by atoms with Gasteiger partial charge in [-0.05, 0) is 18.4 Å². The molecule has 1 aliphatic rings. The van der Waals surface area contributed by atoms with Gasteiger partial charge in [0.15, 0.2) is 0 Å². The molecule has 124 valence electrons. The highest BCUT2D eigenvalue weighted by Gasteiger charge is 2.32. The Hall–Kier alpha value is -2.30. The van der Waals surface area contributed by atoms with Crippen molar-refractivity contribution >= 4 is 12.0 Å². The van der Waals surface area contributed by atoms with E-state index in [1.54, 1.807) is 6.92 Å². The van der Waals surface area contributed by atoms with E-state index in [9.17, 15) is 9.59 Å². The fraction of sp³-hybridized carbons (Fsp3) is 0.444. The Balaban J connectivity index is 2.22. The van der Waals surface area contributed by atoms with Crippen LogP contribution < -0.4 is 10.6 Å². The van der Waals surface area contributed by atoms with Gasteiger partial charge in [0.2, 0.25) is 0 Å². The molecule has 1 aromatic carbocycles. The SMILES string of the molecule is CCC(CC)COC(=O)C1=C(C)NC(=O)N[C@@H]1c1ccccc1. The molecule has 0 spiro atoms. The fourth-order valence-corrected chi connectivity index (χ4v) is 2.66. The maximum atomic E-state index is 12.6. The van der Waals surface area contributed by atoms with Crippen LogP contribution in [-0.2, 0) is 9.53 Å². The minimum atomic E-state index is -0.487. The molecule has 0 fully saturated rings. The molecular weight excluding hydrogens is 292 g/mol. The van der Waals surface area contributed by atoms with Crippen LogP contribution in [0, 0.1) is 5.92 Å². The third-order valence-electron chi connectivity index (χ3n) is 4.23. The number of allylic oxidation sites excluding steroid dienone is 1. The number of carbonyl (C=O) groups excluding carboxylic acids is 2. The van der Waals surface area contributed by atoms with Crippen molar-refractivity contribution in [2.75, 3.05) is 6.61 Å². The lowest BCUT2D eigenvalue weighted by molar-refractivity contribution is -0.141. The van der Waals surface area contributed by atoms with Gasteiger partial charge in [-0.1, -0.05) is 57.0 Å². The standard InChI is InChI=1S/C18H24N2O3/c1-4-13(5-2)11-23-17(21)15-12(3)19-18(22)20-16(15)14-9-7-6-8-10-14/h6-10,13,16H,4-5,11H2,1-3H3,(H2,19,20,22)/t16-/m1/s1. The van der Waals surface area contributed by atoms with Gasteiger partial charge in [-0.15, -0.1) is 0 Å². The molecule has 0 unspecified atom stereocenters. The van der Waals surface area contributed by atoms with Crippen molar-refractivity contribution in [3.8, 4) is 0 Å². The molecular formula is C18H24N2O3. The van der Waals surface area contributed by atoms with Crippen molar-refractivity contribution in [3.63, 3.8) is 0 Å². The zero-order chi connectivity index (χ0) is 16.8. The van der Waals surface area contributed by atoms with Gasteiger partial charge in [-0.2, -0.15) is 0 Å². The highest BCUT2D eigenvalue weighted by Crippen LogP contribution is 2.27. The highest BCUT2D eigenvalue weighted by atomic mass is 16.5. The first-order valence-corrected chi connectivity index (χ1v) is 8.07. The molecule has 0 bridgehead atoms. The summed E-state index contributed by atoms with van der Waals surface area (Å²) >= 11 is 0. The number of urea groups is 1. The maximum absolute atomic E-state index is 12.6. The number of nitrogens with one attached hydrogen (secondary N) is 2. The molecule has 1 aliphatic heterocycles. The van der Waals surface area contributed by atoms with E-state index >= 15 is 0 Å². The zero-order valence-corrected chi connectivity index (χ0v) is 13.9. The Labute approximate surface area is 137 Å². The molecule has 0 saturated carbocycles. The molecule has 1 heterocycles. The van der Waals surface area contributed by atoms with Crippen LogP contribution in [0.4, 0.5) is 4.79 Å². The smallest absolute Gasteiger partial charge is 0.338 e. The lowest BCUT2D eigenvalue weighted by atomic mass is 9.95. The Bertz CT molecular complexity index is 592. The van der Waals surface area contributed by atoms with E-state index in [1.807, 2.05) is 30.3 Å². The van der Waals surface area contributed by atoms with E-state index in [-0.39, 0.29) is 12.0 Å². The van der Waals surface area contributed by atoms with Crippen LogP contribution in [0.2, 0.25) is 0 Å². The molecule has 5 heteroatoms. The number of esters is 1. The number of rotatable bonds is 6. The van der Waals surface area contributed by atoms with Crippen LogP contribution in [0.25, 0.3) is 0 Å². The molecule has 0 aliphatic carbocycles. The first-order chi connectivity index (χ1) is 11.1. The van der Waals surface area contributed by atoms with E-state index in [1.165, 1.54) is 0 Å². The topological polar surface area (TPSA) is 67.4 Å². The van der Waals surface area contributed by atoms with E-state index in [0.29, 0.717) is 23.8 Å². The molecule has 0 saturated heterocycles. The third kappa shape index (κ3) is 4.12. The number of hydrogen-bond acceptors (Lipinski definition) is 3. The van der Waals surface area contributed by atoms with E-state index in [2.05, 4.69) is 24.5 Å². The second-order valence-corrected chi connectivity index (χ2v) is 5.76. The Morgan fingerprint density at radius 2 is 1.87 bits per heavy atom. The minimum absolute atomic E-state index is 0.312. The van der Waals surface area contributed by atoms with Crippen molar-refractivity contribution in [1.82, 2.24) is 10.6 Å². The van der Waals surface area contributed by atoms with Crippen molar-refractivity contribution < 1.29 is 14.3 Å². The van der Waals surface area contributed by atoms with Crippen molar-refractivity contribution in [1.29, 1.82) is 0 Å². The van der Waals surface area contributed by atoms with Crippen LogP contribution >= 0.6 is 0 Å². The summed E-state index contributed by atoms with van der Waals surface area (Å²) in [5.74, 6) is -0.0167. The minimum Gasteiger partial charge on any atom is -0.462 e. The van der Waals surface area contributed by atoms with E-state index in [4.69, 9.17) is 4.74 Å². The molecule has 5 nitrogen and oxygen atoms in total. The van der Waals surface area contributed by atoms with Crippen LogP contribution in [0.5, 0.6) is 0 Å². The van der Waals surface area contributed by atoms with E-state index in [0.717, 1.165) is 18.4 Å². The van der Waals surface area contributed by atoms with Gasteiger partial charge in [0.25, 0.3) is 0 Å². The molecule has 2 rings (SSSR count). The summed E-state index contributed by atoms with van der Waals surface area (Å²) in [6.07, 6.45) is 1.94. The molecule has 2 amide bonds. The highest BCUT2D eigenvalue weighted by molar-refractivity contribution is 5.95. The number of ether oxygens (including phenoxy) is 1. The summed E-state index contributed by atoms with van der Waals surface area (Å²) < 4.78 is 5.49. The molecule has 23 heavy (non-hydrogen) atoms. The maximum Gasteiger partial charge on any atom is 0.338 e. The van der Waals surface area contributed by atoms with Crippen molar-refractivity contribution in [3.05, 3.63) is 47.2 Å². The lowest BCUT2D eigenvalue weighted by Gasteiger charge is -2.28. The average molecular weight is 316 g/mol. The average Bonchev–Trinajstić information content (AvgIpc) is 2.55. The lowest BCUT2D eigenvalue weighted by Crippen LogP contribution is -2.45. The van der Waals surface area contributed by atoms with Gasteiger partial charge in [0.05, 0.1) is 18.2 Å². The first kappa shape index (κ1) is 17.1. The van der Waals surface area contributed by atoms with Gasteiger partial charge in [0.1, 0.15) is 0 Å². The Morgan fingerprint density at radius 1 is 1.22 bits per heavy atom.